The molecule has 0 aromatic rings. The van der Waals surface area contributed by atoms with Crippen LogP contribution in [0.3, 0.4) is 0 Å². The molecular weight excluding hydrogens is 292 g/mol. The van der Waals surface area contributed by atoms with E-state index in [1.807, 2.05) is 0 Å². The predicted molar refractivity (Wildman–Crippen MR) is 81.2 cm³/mol. The van der Waals surface area contributed by atoms with Crippen LogP contribution in [0.25, 0.3) is 0 Å². The summed E-state index contributed by atoms with van der Waals surface area (Å²) in [7, 11) is -1.81. The molecule has 1 aliphatic carbocycles. The van der Waals surface area contributed by atoms with Crippen LogP contribution in [0.5, 0.6) is 0 Å². The van der Waals surface area contributed by atoms with Crippen LogP contribution < -0.4 is 10.5 Å². The maximum atomic E-state index is 12.5. The van der Waals surface area contributed by atoms with Crippen LogP contribution in [-0.4, -0.2) is 50.6 Å². The average molecular weight is 316 g/mol. The van der Waals surface area contributed by atoms with Crippen LogP contribution in [0.1, 0.15) is 38.5 Å². The summed E-state index contributed by atoms with van der Waals surface area (Å²) >= 11 is 0. The number of nitrogens with one attached hydrogen (secondary N) is 1. The van der Waals surface area contributed by atoms with Crippen molar-refractivity contribution in [2.24, 2.45) is 16.6 Å². The van der Waals surface area contributed by atoms with Crippen LogP contribution in [0.15, 0.2) is 4.99 Å². The molecule has 0 aromatic carbocycles. The third kappa shape index (κ3) is 3.74. The van der Waals surface area contributed by atoms with E-state index in [1.165, 1.54) is 11.3 Å². The smallest absolute Gasteiger partial charge is 0.258 e. The molecule has 21 heavy (non-hydrogen) atoms. The minimum absolute atomic E-state index is 0.0216. The first-order chi connectivity index (χ1) is 9.73. The molecule has 1 amide bonds. The Morgan fingerprint density at radius 1 is 1.38 bits per heavy atom. The van der Waals surface area contributed by atoms with Crippen molar-refractivity contribution in [2.75, 3.05) is 19.8 Å². The summed E-state index contributed by atoms with van der Waals surface area (Å²) < 4.78 is 25.2. The van der Waals surface area contributed by atoms with Gasteiger partial charge in [0, 0.05) is 13.6 Å². The second-order valence-corrected chi connectivity index (χ2v) is 8.00. The molecule has 1 saturated carbocycles. The summed E-state index contributed by atoms with van der Waals surface area (Å²) in [5, 5.41) is 0. The summed E-state index contributed by atoms with van der Waals surface area (Å²) in [5.74, 6) is 0.333. The second-order valence-electron chi connectivity index (χ2n) is 6.17. The molecule has 1 aliphatic heterocycles. The molecular formula is C13H24N4O3S. The van der Waals surface area contributed by atoms with E-state index in [0.717, 1.165) is 31.9 Å². The monoisotopic (exact) mass is 316 g/mol. The summed E-state index contributed by atoms with van der Waals surface area (Å²) in [6, 6.07) is 0. The van der Waals surface area contributed by atoms with Gasteiger partial charge in [-0.05, 0) is 12.3 Å². The van der Waals surface area contributed by atoms with Gasteiger partial charge in [-0.3, -0.25) is 9.69 Å². The Morgan fingerprint density at radius 2 is 2.00 bits per heavy atom. The van der Waals surface area contributed by atoms with Crippen LogP contribution in [0.4, 0.5) is 0 Å². The number of likely N-dealkylation sites (N-methyl/N-ethyl adjacent to an activating group) is 1. The van der Waals surface area contributed by atoms with E-state index >= 15 is 0 Å². The Hall–Kier alpha value is -1.15. The topological polar surface area (TPSA) is 105 Å². The molecule has 0 radical (unpaired) electrons. The Labute approximate surface area is 126 Å². The molecule has 1 unspecified atom stereocenters. The number of hydrogen-bond donors (Lipinski definition) is 2. The van der Waals surface area contributed by atoms with Crippen molar-refractivity contribution in [2.45, 2.75) is 44.1 Å². The second kappa shape index (κ2) is 5.92. The van der Waals surface area contributed by atoms with Gasteiger partial charge in [-0.15, -0.1) is 0 Å². The molecule has 1 atom stereocenters. The highest BCUT2D eigenvalue weighted by Gasteiger charge is 2.47. The number of rotatable bonds is 5. The molecule has 1 fully saturated rings. The number of carbonyl (C=O) groups excluding carboxylic acids is 1. The molecule has 8 heteroatoms. The first-order valence-corrected chi connectivity index (χ1v) is 9.21. The van der Waals surface area contributed by atoms with Crippen molar-refractivity contribution < 1.29 is 13.2 Å². The van der Waals surface area contributed by atoms with Gasteiger partial charge in [0.2, 0.25) is 10.0 Å². The zero-order chi connectivity index (χ0) is 15.7. The van der Waals surface area contributed by atoms with Gasteiger partial charge in [0.1, 0.15) is 0 Å². The van der Waals surface area contributed by atoms with Gasteiger partial charge in [-0.1, -0.05) is 32.1 Å². The first-order valence-electron chi connectivity index (χ1n) is 7.32. The van der Waals surface area contributed by atoms with Gasteiger partial charge in [0.05, 0.1) is 6.26 Å². The van der Waals surface area contributed by atoms with E-state index in [-0.39, 0.29) is 18.4 Å². The third-order valence-corrected chi connectivity index (χ3v) is 5.02. The van der Waals surface area contributed by atoms with Crippen molar-refractivity contribution >= 4 is 21.9 Å². The zero-order valence-corrected chi connectivity index (χ0v) is 13.4. The van der Waals surface area contributed by atoms with E-state index in [0.29, 0.717) is 12.3 Å². The molecule has 2 rings (SSSR count). The molecule has 0 spiro atoms. The number of amides is 1. The molecule has 3 N–H and O–H groups in total. The zero-order valence-electron chi connectivity index (χ0n) is 12.6. The van der Waals surface area contributed by atoms with Crippen molar-refractivity contribution in [3.63, 3.8) is 0 Å². The lowest BCUT2D eigenvalue weighted by molar-refractivity contribution is -0.130. The number of guanidine groups is 1. The van der Waals surface area contributed by atoms with Crippen LogP contribution in [-0.2, 0) is 14.8 Å². The van der Waals surface area contributed by atoms with E-state index in [4.69, 9.17) is 5.73 Å². The fraction of sp³-hybridized carbons (Fsp3) is 0.846. The highest BCUT2D eigenvalue weighted by molar-refractivity contribution is 7.88. The number of nitrogens with zero attached hydrogens (tertiary/aromatic N) is 2. The largest absolute Gasteiger partial charge is 0.369 e. The minimum Gasteiger partial charge on any atom is -0.369 e. The Bertz CT molecular complexity index is 540. The van der Waals surface area contributed by atoms with E-state index in [2.05, 4.69) is 9.71 Å². The summed E-state index contributed by atoms with van der Waals surface area (Å²) in [6.07, 6.45) is 7.30. The van der Waals surface area contributed by atoms with Gasteiger partial charge in [-0.2, -0.15) is 0 Å². The normalized spacial score (nSPS) is 28.0. The van der Waals surface area contributed by atoms with Gasteiger partial charge in [0.25, 0.3) is 5.91 Å². The number of hydrogen-bond acceptors (Lipinski definition) is 5. The maximum absolute atomic E-state index is 12.5. The fourth-order valence-corrected chi connectivity index (χ4v) is 3.70. The van der Waals surface area contributed by atoms with E-state index in [9.17, 15) is 13.2 Å². The quantitative estimate of drug-likeness (QED) is 0.746. The lowest BCUT2D eigenvalue weighted by Crippen LogP contribution is -2.50. The first kappa shape index (κ1) is 16.2. The Balaban J connectivity index is 2.20. The molecule has 0 bridgehead atoms. The highest BCUT2D eigenvalue weighted by atomic mass is 32.2. The Kier molecular flexibility index (Phi) is 4.57. The lowest BCUT2D eigenvalue weighted by Gasteiger charge is -2.31. The minimum atomic E-state index is -3.38. The van der Waals surface area contributed by atoms with Crippen molar-refractivity contribution in [3.05, 3.63) is 0 Å². The third-order valence-electron chi connectivity index (χ3n) is 4.35. The summed E-state index contributed by atoms with van der Waals surface area (Å²) in [4.78, 5) is 18.2. The van der Waals surface area contributed by atoms with Gasteiger partial charge in [-0.25, -0.2) is 18.1 Å². The average Bonchev–Trinajstić information content (AvgIpc) is 2.62. The maximum Gasteiger partial charge on any atom is 0.258 e. The number of carbonyl (C=O) groups is 1. The highest BCUT2D eigenvalue weighted by Crippen LogP contribution is 2.35. The number of sulfonamides is 1. The predicted octanol–water partition coefficient (Wildman–Crippen LogP) is 0.0315. The van der Waals surface area contributed by atoms with Crippen molar-refractivity contribution in [1.29, 1.82) is 0 Å². The van der Waals surface area contributed by atoms with Crippen molar-refractivity contribution in [3.8, 4) is 0 Å². The summed E-state index contributed by atoms with van der Waals surface area (Å²) in [6.45, 7) is -0.0216. The molecule has 2 aliphatic rings. The van der Waals surface area contributed by atoms with Gasteiger partial charge < -0.3 is 5.73 Å². The molecule has 0 saturated heterocycles. The molecule has 120 valence electrons. The molecule has 1 heterocycles. The standard InChI is InChI=1S/C13H24N4O3S/c1-17-11(18)13(16-12(17)14,9-15-21(2,19)20)8-10-6-4-3-5-7-10/h10,15H,3-9H2,1-2H3,(H2,14,16). The van der Waals surface area contributed by atoms with Gasteiger partial charge >= 0.3 is 0 Å². The molecule has 0 aromatic heterocycles. The van der Waals surface area contributed by atoms with E-state index < -0.39 is 15.6 Å². The van der Waals surface area contributed by atoms with Crippen molar-refractivity contribution in [1.82, 2.24) is 9.62 Å². The fourth-order valence-electron chi connectivity index (χ4n) is 3.20. The Morgan fingerprint density at radius 3 is 2.48 bits per heavy atom. The van der Waals surface area contributed by atoms with Crippen LogP contribution in [0.2, 0.25) is 0 Å². The SMILES string of the molecule is CN1C(=O)C(CNS(C)(=O)=O)(CC2CCCCC2)N=C1N. The van der Waals surface area contributed by atoms with E-state index in [1.54, 1.807) is 7.05 Å². The van der Waals surface area contributed by atoms with Crippen LogP contribution in [0, 0.1) is 5.92 Å². The van der Waals surface area contributed by atoms with Gasteiger partial charge in [0.15, 0.2) is 11.5 Å². The lowest BCUT2D eigenvalue weighted by atomic mass is 9.79. The molecule has 7 nitrogen and oxygen atoms in total. The summed E-state index contributed by atoms with van der Waals surface area (Å²) in [5.41, 5.74) is 4.69. The number of nitrogens with two attached hydrogens (primary N) is 1. The number of aliphatic imine (C=N–C) groups is 1. The van der Waals surface area contributed by atoms with Crippen LogP contribution >= 0.6 is 0 Å².